The Kier molecular flexibility index (Phi) is 4.71. The number of hydrogen-bond donors (Lipinski definition) is 2. The van der Waals surface area contributed by atoms with Gasteiger partial charge in [-0.3, -0.25) is 4.79 Å². The quantitative estimate of drug-likeness (QED) is 0.876. The maximum Gasteiger partial charge on any atom is 0.418 e. The van der Waals surface area contributed by atoms with Crippen molar-refractivity contribution in [1.82, 2.24) is 0 Å². The smallest absolute Gasteiger partial charge is 0.324 e. The zero-order valence-electron chi connectivity index (χ0n) is 11.3. The first-order valence-corrected chi connectivity index (χ1v) is 6.24. The molecule has 0 bridgehead atoms. The van der Waals surface area contributed by atoms with Crippen LogP contribution < -0.4 is 11.1 Å². The Bertz CT molecular complexity index is 509. The molecule has 1 aromatic carbocycles. The fourth-order valence-electron chi connectivity index (χ4n) is 1.46. The van der Waals surface area contributed by atoms with Crippen LogP contribution in [0.25, 0.3) is 0 Å². The van der Waals surface area contributed by atoms with E-state index in [-0.39, 0.29) is 10.7 Å². The predicted molar refractivity (Wildman–Crippen MR) is 72.5 cm³/mol. The van der Waals surface area contributed by atoms with Crippen molar-refractivity contribution in [3.05, 3.63) is 28.8 Å². The lowest BCUT2D eigenvalue weighted by molar-refractivity contribution is -0.137. The molecule has 1 rings (SSSR count). The Morgan fingerprint density at radius 1 is 1.30 bits per heavy atom. The van der Waals surface area contributed by atoms with Crippen molar-refractivity contribution >= 4 is 23.2 Å². The Morgan fingerprint density at radius 3 is 2.30 bits per heavy atom. The van der Waals surface area contributed by atoms with Crippen molar-refractivity contribution < 1.29 is 18.0 Å². The highest BCUT2D eigenvalue weighted by Gasteiger charge is 2.35. The second-order valence-electron chi connectivity index (χ2n) is 5.52. The molecule has 0 fully saturated rings. The summed E-state index contributed by atoms with van der Waals surface area (Å²) in [5, 5.41) is 2.15. The average molecular weight is 309 g/mol. The number of amides is 1. The molecule has 1 aromatic rings. The van der Waals surface area contributed by atoms with Crippen LogP contribution in [0.15, 0.2) is 18.2 Å². The van der Waals surface area contributed by atoms with Gasteiger partial charge in [0.15, 0.2) is 0 Å². The van der Waals surface area contributed by atoms with Gasteiger partial charge in [0.25, 0.3) is 0 Å². The Balaban J connectivity index is 3.08. The van der Waals surface area contributed by atoms with E-state index in [9.17, 15) is 18.0 Å². The van der Waals surface area contributed by atoms with Crippen molar-refractivity contribution in [2.75, 3.05) is 5.32 Å². The number of alkyl halides is 3. The number of carbonyl (C=O) groups excluding carboxylic acids is 1. The Labute approximate surface area is 120 Å². The number of rotatable bonds is 2. The van der Waals surface area contributed by atoms with Crippen LogP contribution in [0, 0.1) is 5.41 Å². The van der Waals surface area contributed by atoms with Crippen LogP contribution in [0.2, 0.25) is 5.02 Å². The van der Waals surface area contributed by atoms with Crippen LogP contribution in [-0.2, 0) is 11.0 Å². The first-order chi connectivity index (χ1) is 8.93. The summed E-state index contributed by atoms with van der Waals surface area (Å²) in [6, 6.07) is 2.21. The van der Waals surface area contributed by atoms with Crippen LogP contribution in [0.5, 0.6) is 0 Å². The van der Waals surface area contributed by atoms with Gasteiger partial charge >= 0.3 is 6.18 Å². The molecular weight excluding hydrogens is 293 g/mol. The second-order valence-corrected chi connectivity index (χ2v) is 5.96. The zero-order valence-corrected chi connectivity index (χ0v) is 12.1. The van der Waals surface area contributed by atoms with Crippen LogP contribution >= 0.6 is 11.6 Å². The highest BCUT2D eigenvalue weighted by Crippen LogP contribution is 2.36. The number of halogens is 4. The van der Waals surface area contributed by atoms with E-state index in [1.54, 1.807) is 20.8 Å². The summed E-state index contributed by atoms with van der Waals surface area (Å²) in [6.07, 6.45) is -4.61. The fraction of sp³-hybridized carbons (Fsp3) is 0.462. The van der Waals surface area contributed by atoms with Gasteiger partial charge in [0, 0.05) is 5.02 Å². The van der Waals surface area contributed by atoms with Crippen molar-refractivity contribution in [2.24, 2.45) is 11.1 Å². The third-order valence-corrected chi connectivity index (χ3v) is 3.00. The molecule has 3 N–H and O–H groups in total. The number of benzene rings is 1. The molecule has 0 heterocycles. The van der Waals surface area contributed by atoms with Crippen LogP contribution in [0.3, 0.4) is 0 Å². The van der Waals surface area contributed by atoms with E-state index in [0.717, 1.165) is 12.1 Å². The molecule has 0 aliphatic carbocycles. The standard InChI is InChI=1S/C13H16ClF3N2O/c1-12(2,3)10(18)11(20)19-9-5-4-7(14)6-8(9)13(15,16)17/h4-6,10H,18H2,1-3H3,(H,19,20)/t10-/m0/s1. The minimum absolute atomic E-state index is 0.0598. The van der Waals surface area contributed by atoms with Gasteiger partial charge in [-0.05, 0) is 23.6 Å². The van der Waals surface area contributed by atoms with Gasteiger partial charge in [0.1, 0.15) is 0 Å². The van der Waals surface area contributed by atoms with E-state index in [2.05, 4.69) is 5.32 Å². The summed E-state index contributed by atoms with van der Waals surface area (Å²) in [5.74, 6) is -0.676. The average Bonchev–Trinajstić information content (AvgIpc) is 2.27. The Morgan fingerprint density at radius 2 is 1.85 bits per heavy atom. The van der Waals surface area contributed by atoms with E-state index in [1.807, 2.05) is 0 Å². The lowest BCUT2D eigenvalue weighted by Gasteiger charge is -2.26. The molecule has 112 valence electrons. The molecule has 3 nitrogen and oxygen atoms in total. The number of nitrogens with two attached hydrogens (primary N) is 1. The van der Waals surface area contributed by atoms with Gasteiger partial charge in [-0.25, -0.2) is 0 Å². The minimum Gasteiger partial charge on any atom is -0.324 e. The number of carbonyl (C=O) groups is 1. The van der Waals surface area contributed by atoms with Gasteiger partial charge in [-0.1, -0.05) is 32.4 Å². The highest BCUT2D eigenvalue weighted by atomic mass is 35.5. The topological polar surface area (TPSA) is 55.1 Å². The third kappa shape index (κ3) is 4.11. The van der Waals surface area contributed by atoms with E-state index in [0.29, 0.717) is 0 Å². The molecule has 0 aliphatic rings. The van der Waals surface area contributed by atoms with Gasteiger partial charge in [-0.15, -0.1) is 0 Å². The van der Waals surface area contributed by atoms with E-state index < -0.39 is 29.1 Å². The molecule has 0 saturated heterocycles. The maximum atomic E-state index is 12.9. The van der Waals surface area contributed by atoms with E-state index in [1.165, 1.54) is 6.07 Å². The van der Waals surface area contributed by atoms with Crippen molar-refractivity contribution in [1.29, 1.82) is 0 Å². The normalized spacial score (nSPS) is 14.0. The number of nitrogens with one attached hydrogen (secondary N) is 1. The number of hydrogen-bond acceptors (Lipinski definition) is 2. The summed E-state index contributed by atoms with van der Waals surface area (Å²) in [5.41, 5.74) is 3.80. The van der Waals surface area contributed by atoms with Gasteiger partial charge < -0.3 is 11.1 Å². The highest BCUT2D eigenvalue weighted by molar-refractivity contribution is 6.30. The summed E-state index contributed by atoms with van der Waals surface area (Å²) in [6.45, 7) is 5.18. The van der Waals surface area contributed by atoms with Crippen LogP contribution in [0.1, 0.15) is 26.3 Å². The third-order valence-electron chi connectivity index (χ3n) is 2.76. The summed E-state index contributed by atoms with van der Waals surface area (Å²) >= 11 is 5.56. The lowest BCUT2D eigenvalue weighted by Crippen LogP contribution is -2.45. The monoisotopic (exact) mass is 308 g/mol. The second kappa shape index (κ2) is 5.61. The van der Waals surface area contributed by atoms with Crippen LogP contribution in [0.4, 0.5) is 18.9 Å². The van der Waals surface area contributed by atoms with Gasteiger partial charge in [0.05, 0.1) is 17.3 Å². The van der Waals surface area contributed by atoms with E-state index >= 15 is 0 Å². The molecule has 7 heteroatoms. The number of anilines is 1. The molecule has 0 radical (unpaired) electrons. The van der Waals surface area contributed by atoms with Gasteiger partial charge in [-0.2, -0.15) is 13.2 Å². The van der Waals surface area contributed by atoms with Crippen molar-refractivity contribution in [2.45, 2.75) is 33.0 Å². The van der Waals surface area contributed by atoms with E-state index in [4.69, 9.17) is 17.3 Å². The molecular formula is C13H16ClF3N2O. The lowest BCUT2D eigenvalue weighted by atomic mass is 9.87. The summed E-state index contributed by atoms with van der Waals surface area (Å²) in [4.78, 5) is 11.9. The fourth-order valence-corrected chi connectivity index (χ4v) is 1.64. The predicted octanol–water partition coefficient (Wildman–Crippen LogP) is 3.67. The first kappa shape index (κ1) is 16.8. The minimum atomic E-state index is -4.61. The zero-order chi connectivity index (χ0) is 15.7. The summed E-state index contributed by atoms with van der Waals surface area (Å²) in [7, 11) is 0. The molecule has 0 unspecified atom stereocenters. The maximum absolute atomic E-state index is 12.9. The first-order valence-electron chi connectivity index (χ1n) is 5.86. The molecule has 0 spiro atoms. The SMILES string of the molecule is CC(C)(C)[C@@H](N)C(=O)Nc1ccc(Cl)cc1C(F)(F)F. The molecule has 20 heavy (non-hydrogen) atoms. The molecule has 1 amide bonds. The molecule has 0 aliphatic heterocycles. The molecule has 0 saturated carbocycles. The largest absolute Gasteiger partial charge is 0.418 e. The Hall–Kier alpha value is -1.27. The molecule has 1 atom stereocenters. The van der Waals surface area contributed by atoms with Crippen molar-refractivity contribution in [3.63, 3.8) is 0 Å². The molecule has 0 aromatic heterocycles. The summed E-state index contributed by atoms with van der Waals surface area (Å²) < 4.78 is 38.6. The van der Waals surface area contributed by atoms with Crippen molar-refractivity contribution in [3.8, 4) is 0 Å². The van der Waals surface area contributed by atoms with Crippen LogP contribution in [-0.4, -0.2) is 11.9 Å². The van der Waals surface area contributed by atoms with Gasteiger partial charge in [0.2, 0.25) is 5.91 Å².